The van der Waals surface area contributed by atoms with Crippen LogP contribution in [0.25, 0.3) is 11.0 Å². The van der Waals surface area contributed by atoms with Crippen molar-refractivity contribution < 1.29 is 13.2 Å². The van der Waals surface area contributed by atoms with Crippen LogP contribution in [0.4, 0.5) is 19.0 Å². The van der Waals surface area contributed by atoms with Crippen LogP contribution in [0.3, 0.4) is 0 Å². The zero-order valence-corrected chi connectivity index (χ0v) is 11.4. The lowest BCUT2D eigenvalue weighted by atomic mass is 10.3. The number of anilines is 1. The van der Waals surface area contributed by atoms with Gasteiger partial charge in [0.1, 0.15) is 11.0 Å². The number of hydrogen-bond donors (Lipinski definition) is 0. The molecule has 3 heterocycles. The van der Waals surface area contributed by atoms with Crippen molar-refractivity contribution in [1.29, 1.82) is 0 Å². The molecule has 3 rings (SSSR count). The maximum Gasteiger partial charge on any atom is 0.437 e. The molecule has 0 bridgehead atoms. The largest absolute Gasteiger partial charge is 0.437 e. The number of rotatable bonds is 1. The summed E-state index contributed by atoms with van der Waals surface area (Å²) in [6, 6.07) is 0. The molecule has 1 saturated heterocycles. The second-order valence-electron chi connectivity index (χ2n) is 4.14. The highest BCUT2D eigenvalue weighted by atomic mass is 32.2. The van der Waals surface area contributed by atoms with Crippen LogP contribution in [0.1, 0.15) is 5.69 Å². The van der Waals surface area contributed by atoms with Crippen LogP contribution in [0.15, 0.2) is 10.8 Å². The van der Waals surface area contributed by atoms with Gasteiger partial charge in [-0.25, -0.2) is 9.97 Å². The predicted octanol–water partition coefficient (Wildman–Crippen LogP) is 3.26. The lowest BCUT2D eigenvalue weighted by Crippen LogP contribution is -2.35. The van der Waals surface area contributed by atoms with Gasteiger partial charge in [0.25, 0.3) is 0 Å². The van der Waals surface area contributed by atoms with Gasteiger partial charge in [-0.3, -0.25) is 0 Å². The van der Waals surface area contributed by atoms with E-state index in [4.69, 9.17) is 0 Å². The lowest BCUT2D eigenvalue weighted by molar-refractivity contribution is -0.140. The zero-order valence-electron chi connectivity index (χ0n) is 9.78. The lowest BCUT2D eigenvalue weighted by Gasteiger charge is -2.29. The second-order valence-corrected chi connectivity index (χ2v) is 6.10. The molecule has 0 radical (unpaired) electrons. The van der Waals surface area contributed by atoms with E-state index in [9.17, 15) is 13.2 Å². The summed E-state index contributed by atoms with van der Waals surface area (Å²) >= 11 is 3.06. The van der Waals surface area contributed by atoms with Gasteiger partial charge in [-0.05, 0) is 0 Å². The molecule has 0 amide bonds. The summed E-state index contributed by atoms with van der Waals surface area (Å²) in [6.07, 6.45) is -4.47. The van der Waals surface area contributed by atoms with Gasteiger partial charge in [-0.1, -0.05) is 0 Å². The fourth-order valence-corrected chi connectivity index (χ4v) is 3.55. The van der Waals surface area contributed by atoms with Crippen LogP contribution in [-0.4, -0.2) is 34.6 Å². The first-order valence-electron chi connectivity index (χ1n) is 5.69. The Morgan fingerprint density at radius 3 is 2.32 bits per heavy atom. The second kappa shape index (κ2) is 4.82. The SMILES string of the molecule is FC(F)(F)c1nc2cscc2nc1N1CCSCC1. The highest BCUT2D eigenvalue weighted by molar-refractivity contribution is 7.99. The van der Waals surface area contributed by atoms with Gasteiger partial charge < -0.3 is 4.90 Å². The molecule has 19 heavy (non-hydrogen) atoms. The van der Waals surface area contributed by atoms with Crippen molar-refractivity contribution in [2.24, 2.45) is 0 Å². The highest BCUT2D eigenvalue weighted by Crippen LogP contribution is 2.36. The molecular formula is C11H10F3N3S2. The molecule has 8 heteroatoms. The molecule has 102 valence electrons. The molecule has 1 fully saturated rings. The molecule has 0 N–H and O–H groups in total. The topological polar surface area (TPSA) is 29.0 Å². The Balaban J connectivity index is 2.13. The Morgan fingerprint density at radius 2 is 1.68 bits per heavy atom. The third-order valence-electron chi connectivity index (χ3n) is 2.87. The summed E-state index contributed by atoms with van der Waals surface area (Å²) in [5, 5.41) is 3.32. The van der Waals surface area contributed by atoms with Crippen molar-refractivity contribution in [2.75, 3.05) is 29.5 Å². The Morgan fingerprint density at radius 1 is 1.05 bits per heavy atom. The molecule has 0 saturated carbocycles. The van der Waals surface area contributed by atoms with E-state index < -0.39 is 11.9 Å². The predicted molar refractivity (Wildman–Crippen MR) is 72.0 cm³/mol. The van der Waals surface area contributed by atoms with Crippen molar-refractivity contribution >= 4 is 39.9 Å². The van der Waals surface area contributed by atoms with Crippen LogP contribution in [0.5, 0.6) is 0 Å². The van der Waals surface area contributed by atoms with Gasteiger partial charge in [0, 0.05) is 35.4 Å². The maximum atomic E-state index is 13.1. The third kappa shape index (κ3) is 2.51. The van der Waals surface area contributed by atoms with E-state index in [2.05, 4.69) is 9.97 Å². The van der Waals surface area contributed by atoms with Gasteiger partial charge in [0.2, 0.25) is 0 Å². The number of thiophene rings is 1. The molecule has 2 aromatic heterocycles. The van der Waals surface area contributed by atoms with Crippen LogP contribution in [0, 0.1) is 0 Å². The van der Waals surface area contributed by atoms with E-state index in [-0.39, 0.29) is 5.82 Å². The fourth-order valence-electron chi connectivity index (χ4n) is 1.97. The maximum absolute atomic E-state index is 13.1. The van der Waals surface area contributed by atoms with Crippen molar-refractivity contribution in [3.63, 3.8) is 0 Å². The number of halogens is 3. The molecule has 0 atom stereocenters. The van der Waals surface area contributed by atoms with Crippen LogP contribution >= 0.6 is 23.1 Å². The molecule has 1 aliphatic heterocycles. The van der Waals surface area contributed by atoms with E-state index in [1.165, 1.54) is 11.3 Å². The quantitative estimate of drug-likeness (QED) is 0.808. The van der Waals surface area contributed by atoms with Gasteiger partial charge in [-0.15, -0.1) is 11.3 Å². The van der Waals surface area contributed by atoms with E-state index in [0.717, 1.165) is 11.5 Å². The van der Waals surface area contributed by atoms with E-state index in [1.807, 2.05) is 0 Å². The summed E-state index contributed by atoms with van der Waals surface area (Å²) in [4.78, 5) is 9.61. The Labute approximate surface area is 115 Å². The van der Waals surface area contributed by atoms with E-state index in [1.54, 1.807) is 27.4 Å². The van der Waals surface area contributed by atoms with Crippen LogP contribution in [0.2, 0.25) is 0 Å². The number of hydrogen-bond acceptors (Lipinski definition) is 5. The molecule has 0 unspecified atom stereocenters. The minimum Gasteiger partial charge on any atom is -0.353 e. The number of thioether (sulfide) groups is 1. The van der Waals surface area contributed by atoms with Gasteiger partial charge in [0.05, 0.1) is 0 Å². The monoisotopic (exact) mass is 305 g/mol. The summed E-state index contributed by atoms with van der Waals surface area (Å²) in [7, 11) is 0. The minimum absolute atomic E-state index is 0.0290. The first-order chi connectivity index (χ1) is 9.05. The highest BCUT2D eigenvalue weighted by Gasteiger charge is 2.38. The molecule has 0 spiro atoms. The molecular weight excluding hydrogens is 295 g/mol. The van der Waals surface area contributed by atoms with Crippen molar-refractivity contribution in [2.45, 2.75) is 6.18 Å². The fraction of sp³-hybridized carbons (Fsp3) is 0.455. The Kier molecular flexibility index (Phi) is 3.30. The smallest absolute Gasteiger partial charge is 0.353 e. The molecule has 0 aromatic carbocycles. The normalized spacial score (nSPS) is 17.1. The molecule has 2 aromatic rings. The molecule has 0 aliphatic carbocycles. The van der Waals surface area contributed by atoms with Gasteiger partial charge in [0.15, 0.2) is 11.5 Å². The number of nitrogens with zero attached hydrogens (tertiary/aromatic N) is 3. The van der Waals surface area contributed by atoms with Crippen molar-refractivity contribution in [3.8, 4) is 0 Å². The summed E-state index contributed by atoms with van der Waals surface area (Å²) in [5.41, 5.74) is -0.0241. The minimum atomic E-state index is -4.47. The van der Waals surface area contributed by atoms with Gasteiger partial charge in [-0.2, -0.15) is 24.9 Å². The van der Waals surface area contributed by atoms with Crippen LogP contribution < -0.4 is 4.90 Å². The van der Waals surface area contributed by atoms with Crippen LogP contribution in [-0.2, 0) is 6.18 Å². The van der Waals surface area contributed by atoms with Crippen molar-refractivity contribution in [3.05, 3.63) is 16.5 Å². The third-order valence-corrected chi connectivity index (χ3v) is 4.53. The standard InChI is InChI=1S/C11H10F3N3S2/c12-11(13,14)9-10(17-1-3-18-4-2-17)16-8-6-19-5-7(8)15-9/h5-6H,1-4H2. The average Bonchev–Trinajstić information content (AvgIpc) is 2.84. The molecule has 3 nitrogen and oxygen atoms in total. The summed E-state index contributed by atoms with van der Waals surface area (Å²) in [5.74, 6) is 1.61. The van der Waals surface area contributed by atoms with Crippen molar-refractivity contribution in [1.82, 2.24) is 9.97 Å². The average molecular weight is 305 g/mol. The van der Waals surface area contributed by atoms with E-state index >= 15 is 0 Å². The Hall–Kier alpha value is -1.02. The number of alkyl halides is 3. The molecule has 1 aliphatic rings. The summed E-state index contributed by atoms with van der Waals surface area (Å²) < 4.78 is 39.3. The zero-order chi connectivity index (χ0) is 13.5. The van der Waals surface area contributed by atoms with Gasteiger partial charge >= 0.3 is 6.18 Å². The first kappa shape index (κ1) is 13.0. The first-order valence-corrected chi connectivity index (χ1v) is 7.79. The Bertz CT molecular complexity index is 590. The van der Waals surface area contributed by atoms with E-state index in [0.29, 0.717) is 24.1 Å². The summed E-state index contributed by atoms with van der Waals surface area (Å²) in [6.45, 7) is 1.16. The number of aromatic nitrogens is 2. The number of fused-ring (bicyclic) bond motifs is 1.